The Bertz CT molecular complexity index is 1300. The number of amidine groups is 2. The van der Waals surface area contributed by atoms with Gasteiger partial charge in [-0.05, 0) is 20.8 Å². The van der Waals surface area contributed by atoms with Crippen molar-refractivity contribution < 1.29 is 69.1 Å². The number of nitrogens with two attached hydrogens (primary N) is 1. The van der Waals surface area contributed by atoms with Crippen LogP contribution in [0.3, 0.4) is 0 Å². The zero-order chi connectivity index (χ0) is 34.8. The molecular formula is C22H40N5O15P3. The van der Waals surface area contributed by atoms with Crippen molar-refractivity contribution in [3.63, 3.8) is 0 Å². The molecular weight excluding hydrogens is 667 g/mol. The molecule has 0 amide bonds. The Labute approximate surface area is 260 Å². The van der Waals surface area contributed by atoms with E-state index in [1.165, 1.54) is 11.8 Å². The molecule has 258 valence electrons. The Morgan fingerprint density at radius 3 is 2.00 bits per heavy atom. The summed E-state index contributed by atoms with van der Waals surface area (Å²) in [7, 11) is -12.6. The number of ether oxygens (including phenoxy) is 3. The number of phosphoric acid groups is 3. The zero-order valence-corrected chi connectivity index (χ0v) is 28.7. The van der Waals surface area contributed by atoms with Gasteiger partial charge in [0, 0.05) is 46.4 Å². The van der Waals surface area contributed by atoms with Crippen LogP contribution >= 0.6 is 23.5 Å². The van der Waals surface area contributed by atoms with Crippen LogP contribution in [0.25, 0.3) is 0 Å². The Kier molecular flexibility index (Phi) is 15.9. The minimum absolute atomic E-state index is 0.101. The highest BCUT2D eigenvalue weighted by Crippen LogP contribution is 2.71. The minimum atomic E-state index is -5.09. The molecule has 20 nitrogen and oxygen atoms in total. The lowest BCUT2D eigenvalue weighted by Gasteiger charge is -2.28. The molecule has 1 aliphatic rings. The molecule has 0 spiro atoms. The Morgan fingerprint density at radius 2 is 1.56 bits per heavy atom. The molecule has 1 saturated heterocycles. The number of hydrogen-bond acceptors (Lipinski definition) is 17. The van der Waals surface area contributed by atoms with Gasteiger partial charge >= 0.3 is 35.4 Å². The molecule has 5 N–H and O–H groups in total. The fourth-order valence-electron chi connectivity index (χ4n) is 3.70. The third kappa shape index (κ3) is 12.8. The largest absolute Gasteiger partial charge is 0.492 e. The maximum Gasteiger partial charge on any atom is 0.492 e. The summed E-state index contributed by atoms with van der Waals surface area (Å²) in [5, 5.41) is 15.8. The van der Waals surface area contributed by atoms with Crippen molar-refractivity contribution in [2.45, 2.75) is 52.9 Å². The number of carbonyl (C=O) groups excluding carboxylic acids is 2. The minimum Gasteiger partial charge on any atom is -0.465 e. The highest BCUT2D eigenvalue weighted by atomic mass is 31.3. The van der Waals surface area contributed by atoms with Crippen LogP contribution in [0.15, 0.2) is 16.3 Å². The zero-order valence-electron chi connectivity index (χ0n) is 26.0. The first kappa shape index (κ1) is 40.7. The molecule has 0 radical (unpaired) electrons. The van der Waals surface area contributed by atoms with Gasteiger partial charge in [0.1, 0.15) is 30.5 Å². The molecule has 1 aliphatic heterocycles. The number of nitrogens with zero attached hydrogens (tertiary/aromatic N) is 2. The Hall–Kier alpha value is -2.34. The van der Waals surface area contributed by atoms with Crippen molar-refractivity contribution in [3.05, 3.63) is 11.3 Å². The van der Waals surface area contributed by atoms with Crippen molar-refractivity contribution in [1.82, 2.24) is 4.90 Å². The molecule has 0 aromatic rings. The van der Waals surface area contributed by atoms with Crippen LogP contribution < -0.4 is 5.73 Å². The second-order valence-corrected chi connectivity index (χ2v) is 14.6. The van der Waals surface area contributed by atoms with E-state index in [-0.39, 0.29) is 24.8 Å². The van der Waals surface area contributed by atoms with Gasteiger partial charge in [-0.25, -0.2) is 18.7 Å². The van der Waals surface area contributed by atoms with E-state index in [4.69, 9.17) is 44.1 Å². The molecule has 23 heteroatoms. The van der Waals surface area contributed by atoms with E-state index in [1.807, 2.05) is 0 Å². The number of nitrogens with one attached hydrogen (secondary N) is 2. The molecule has 0 aromatic heterocycles. The molecule has 0 aliphatic carbocycles. The summed E-state index contributed by atoms with van der Waals surface area (Å²) < 4.78 is 82.3. The molecule has 7 atom stereocenters. The standard InChI is InChI=1S/C22H40N5O15P3/c1-13(14(2)24)22(26-15(3)25)27(12-23)9-19-21(39-17(5)29)18(10-37-16(4)28)20(40-19)11-38-44(32,35-7)42-45(33,36-8)41-43(30,31)34-6/h12,18-21,23,25H,9-11,24H2,1-8H3,(H,30,31)/t18-,19+,20-,21-,44?,45?/m1/s1. The molecule has 1 rings (SSSR count). The number of hydrogen-bond donors (Lipinski definition) is 4. The van der Waals surface area contributed by atoms with Crippen LogP contribution in [0.5, 0.6) is 0 Å². The Morgan fingerprint density at radius 1 is 0.956 bits per heavy atom. The maximum atomic E-state index is 13.2. The molecule has 0 aromatic carbocycles. The van der Waals surface area contributed by atoms with Crippen LogP contribution in [0.1, 0.15) is 34.6 Å². The lowest BCUT2D eigenvalue weighted by molar-refractivity contribution is -0.153. The number of allylic oxidation sites excluding steroid dienone is 1. The third-order valence-electron chi connectivity index (χ3n) is 5.88. The smallest absolute Gasteiger partial charge is 0.465 e. The fraction of sp³-hybridized carbons (Fsp3) is 0.682. The van der Waals surface area contributed by atoms with E-state index in [0.717, 1.165) is 41.5 Å². The van der Waals surface area contributed by atoms with Gasteiger partial charge in [0.2, 0.25) is 0 Å². The van der Waals surface area contributed by atoms with Crippen LogP contribution in [0.4, 0.5) is 0 Å². The predicted octanol–water partition coefficient (Wildman–Crippen LogP) is 2.73. The second-order valence-electron chi connectivity index (χ2n) is 9.23. The first-order valence-corrected chi connectivity index (χ1v) is 17.2. The van der Waals surface area contributed by atoms with Gasteiger partial charge in [-0.15, -0.1) is 0 Å². The molecule has 0 bridgehead atoms. The first-order chi connectivity index (χ1) is 20.8. The van der Waals surface area contributed by atoms with Gasteiger partial charge in [-0.1, -0.05) is 0 Å². The predicted molar refractivity (Wildman–Crippen MR) is 157 cm³/mol. The van der Waals surface area contributed by atoms with E-state index in [2.05, 4.69) is 18.4 Å². The topological polar surface area (TPSA) is 278 Å². The van der Waals surface area contributed by atoms with Crippen LogP contribution in [-0.2, 0) is 64.2 Å². The summed E-state index contributed by atoms with van der Waals surface area (Å²) in [6.07, 6.45) is -2.53. The quantitative estimate of drug-likeness (QED) is 0.0731. The van der Waals surface area contributed by atoms with Gasteiger partial charge in [0.15, 0.2) is 0 Å². The van der Waals surface area contributed by atoms with Crippen molar-refractivity contribution in [1.29, 1.82) is 10.8 Å². The normalized spacial score (nSPS) is 24.8. The summed E-state index contributed by atoms with van der Waals surface area (Å²) in [5.74, 6) is -2.38. The average Bonchev–Trinajstić information content (AvgIpc) is 3.26. The van der Waals surface area contributed by atoms with Crippen molar-refractivity contribution in [2.75, 3.05) is 41.1 Å². The van der Waals surface area contributed by atoms with Gasteiger partial charge < -0.3 is 29.7 Å². The van der Waals surface area contributed by atoms with Crippen LogP contribution in [-0.4, -0.2) is 99.1 Å². The van der Waals surface area contributed by atoms with Crippen molar-refractivity contribution >= 4 is 53.4 Å². The van der Waals surface area contributed by atoms with Gasteiger partial charge in [-0.2, -0.15) is 8.62 Å². The van der Waals surface area contributed by atoms with E-state index < -0.39 is 66.2 Å². The molecule has 1 heterocycles. The summed E-state index contributed by atoms with van der Waals surface area (Å²) in [4.78, 5) is 38.8. The van der Waals surface area contributed by atoms with Gasteiger partial charge in [0.25, 0.3) is 0 Å². The monoisotopic (exact) mass is 707 g/mol. The summed E-state index contributed by atoms with van der Waals surface area (Å²) in [6, 6.07) is 0. The molecule has 1 fully saturated rings. The number of rotatable bonds is 17. The molecule has 3 unspecified atom stereocenters. The number of aliphatic imine (C=N–C) groups is 1. The number of esters is 2. The summed E-state index contributed by atoms with van der Waals surface area (Å²) in [5.41, 5.74) is 6.73. The third-order valence-corrected chi connectivity index (χ3v) is 10.9. The first-order valence-electron chi connectivity index (χ1n) is 12.8. The average molecular weight is 708 g/mol. The summed E-state index contributed by atoms with van der Waals surface area (Å²) in [6.45, 7) is 5.60. The van der Waals surface area contributed by atoms with Gasteiger partial charge in [0.05, 0.1) is 31.5 Å². The van der Waals surface area contributed by atoms with Crippen molar-refractivity contribution in [2.24, 2.45) is 16.6 Å². The van der Waals surface area contributed by atoms with E-state index in [9.17, 15) is 28.2 Å². The Balaban J connectivity index is 3.47. The van der Waals surface area contributed by atoms with E-state index in [1.54, 1.807) is 13.8 Å². The maximum absolute atomic E-state index is 13.2. The highest BCUT2D eigenvalue weighted by Gasteiger charge is 2.50. The van der Waals surface area contributed by atoms with Gasteiger partial charge in [-0.3, -0.25) is 38.5 Å². The fourth-order valence-corrected chi connectivity index (χ4v) is 7.77. The summed E-state index contributed by atoms with van der Waals surface area (Å²) >= 11 is 0. The van der Waals surface area contributed by atoms with Crippen LogP contribution in [0.2, 0.25) is 0 Å². The number of phosphoric ester groups is 2. The van der Waals surface area contributed by atoms with Crippen LogP contribution in [0, 0.1) is 16.7 Å². The lowest BCUT2D eigenvalue weighted by Crippen LogP contribution is -2.44. The SMILES string of the molecule is COP(=O)(O)OP(=O)(OC)OP(=O)(OC)OC[C@H]1O[C@@H](CN(C=N)C(=NC(C)=N)C(C)=C(C)N)[C@H](OC(C)=O)[C@@H]1COC(C)=O. The van der Waals surface area contributed by atoms with Crippen molar-refractivity contribution in [3.8, 4) is 0 Å². The second kappa shape index (κ2) is 17.5. The lowest BCUT2D eigenvalue weighted by atomic mass is 9.96. The molecule has 0 saturated carbocycles. The van der Waals surface area contributed by atoms with E-state index in [0.29, 0.717) is 11.3 Å². The highest BCUT2D eigenvalue weighted by molar-refractivity contribution is 7.67. The molecule has 45 heavy (non-hydrogen) atoms. The number of carbonyl (C=O) groups is 2. The van der Waals surface area contributed by atoms with E-state index >= 15 is 0 Å².